The Hall–Kier alpha value is -2.07. The second-order valence-corrected chi connectivity index (χ2v) is 5.88. The van der Waals surface area contributed by atoms with Crippen LogP contribution in [0.1, 0.15) is 32.3 Å². The second kappa shape index (κ2) is 7.97. The molecule has 2 aromatic rings. The SMILES string of the molecule is CCC(CC)C(=O)Nc1ccc(Nc2cccc(Cl)c2C)nc1. The summed E-state index contributed by atoms with van der Waals surface area (Å²) in [6.45, 7) is 5.99. The number of aromatic nitrogens is 1. The van der Waals surface area contributed by atoms with Crippen molar-refractivity contribution in [2.45, 2.75) is 33.6 Å². The number of anilines is 3. The highest BCUT2D eigenvalue weighted by Crippen LogP contribution is 2.25. The molecule has 0 aliphatic heterocycles. The number of nitrogens with zero attached hydrogens (tertiary/aromatic N) is 1. The van der Waals surface area contributed by atoms with Crippen molar-refractivity contribution in [3.8, 4) is 0 Å². The molecule has 23 heavy (non-hydrogen) atoms. The minimum Gasteiger partial charge on any atom is -0.340 e. The van der Waals surface area contributed by atoms with Gasteiger partial charge in [0.1, 0.15) is 5.82 Å². The van der Waals surface area contributed by atoms with Gasteiger partial charge < -0.3 is 10.6 Å². The number of carbonyl (C=O) groups is 1. The number of nitrogens with one attached hydrogen (secondary N) is 2. The van der Waals surface area contributed by atoms with E-state index in [4.69, 9.17) is 11.6 Å². The van der Waals surface area contributed by atoms with E-state index >= 15 is 0 Å². The van der Waals surface area contributed by atoms with Gasteiger partial charge in [0, 0.05) is 16.6 Å². The molecule has 0 fully saturated rings. The lowest BCUT2D eigenvalue weighted by molar-refractivity contribution is -0.120. The molecule has 0 aliphatic rings. The van der Waals surface area contributed by atoms with Gasteiger partial charge in [-0.15, -0.1) is 0 Å². The molecule has 1 heterocycles. The number of rotatable bonds is 6. The summed E-state index contributed by atoms with van der Waals surface area (Å²) < 4.78 is 0. The van der Waals surface area contributed by atoms with Gasteiger partial charge in [0.15, 0.2) is 0 Å². The fourth-order valence-electron chi connectivity index (χ4n) is 2.33. The maximum Gasteiger partial charge on any atom is 0.227 e. The van der Waals surface area contributed by atoms with E-state index < -0.39 is 0 Å². The van der Waals surface area contributed by atoms with Crippen LogP contribution in [0, 0.1) is 12.8 Å². The maximum atomic E-state index is 12.1. The zero-order chi connectivity index (χ0) is 16.8. The van der Waals surface area contributed by atoms with E-state index in [2.05, 4.69) is 15.6 Å². The third-order valence-electron chi connectivity index (χ3n) is 3.92. The molecule has 0 radical (unpaired) electrons. The van der Waals surface area contributed by atoms with Crippen LogP contribution in [0.15, 0.2) is 36.5 Å². The van der Waals surface area contributed by atoms with E-state index in [1.165, 1.54) is 0 Å². The van der Waals surface area contributed by atoms with Crippen molar-refractivity contribution in [1.82, 2.24) is 4.98 Å². The zero-order valence-electron chi connectivity index (χ0n) is 13.7. The number of amides is 1. The summed E-state index contributed by atoms with van der Waals surface area (Å²) in [6.07, 6.45) is 3.33. The summed E-state index contributed by atoms with van der Waals surface area (Å²) in [5.41, 5.74) is 2.59. The van der Waals surface area contributed by atoms with E-state index in [-0.39, 0.29) is 11.8 Å². The molecule has 1 aromatic heterocycles. The Morgan fingerprint density at radius 1 is 1.22 bits per heavy atom. The van der Waals surface area contributed by atoms with Crippen molar-refractivity contribution in [3.63, 3.8) is 0 Å². The van der Waals surface area contributed by atoms with E-state index in [0.717, 1.165) is 24.1 Å². The van der Waals surface area contributed by atoms with Crippen LogP contribution < -0.4 is 10.6 Å². The summed E-state index contributed by atoms with van der Waals surface area (Å²) in [5, 5.41) is 6.85. The van der Waals surface area contributed by atoms with Crippen molar-refractivity contribution < 1.29 is 4.79 Å². The van der Waals surface area contributed by atoms with Gasteiger partial charge in [-0.25, -0.2) is 4.98 Å². The number of benzene rings is 1. The van der Waals surface area contributed by atoms with Gasteiger partial charge >= 0.3 is 0 Å². The summed E-state index contributed by atoms with van der Waals surface area (Å²) in [4.78, 5) is 16.4. The summed E-state index contributed by atoms with van der Waals surface area (Å²) in [5.74, 6) is 0.793. The Morgan fingerprint density at radius 2 is 1.96 bits per heavy atom. The van der Waals surface area contributed by atoms with Crippen LogP contribution in [0.4, 0.5) is 17.2 Å². The molecule has 0 aliphatic carbocycles. The number of pyridine rings is 1. The van der Waals surface area contributed by atoms with E-state index in [1.807, 2.05) is 51.1 Å². The fraction of sp³-hybridized carbons (Fsp3) is 0.333. The predicted molar refractivity (Wildman–Crippen MR) is 96.4 cm³/mol. The molecule has 0 saturated heterocycles. The highest BCUT2D eigenvalue weighted by molar-refractivity contribution is 6.31. The molecule has 0 saturated carbocycles. The lowest BCUT2D eigenvalue weighted by atomic mass is 10.0. The Kier molecular flexibility index (Phi) is 5.99. The first-order chi connectivity index (χ1) is 11.0. The summed E-state index contributed by atoms with van der Waals surface area (Å²) in [7, 11) is 0. The lowest BCUT2D eigenvalue weighted by Gasteiger charge is -2.13. The standard InChI is InChI=1S/C18H22ClN3O/c1-4-13(5-2)18(23)21-14-9-10-17(20-11-14)22-16-8-6-7-15(19)12(16)3/h6-11,13H,4-5H2,1-3H3,(H,20,22)(H,21,23). The molecule has 2 N–H and O–H groups in total. The van der Waals surface area contributed by atoms with Gasteiger partial charge in [0.05, 0.1) is 11.9 Å². The largest absolute Gasteiger partial charge is 0.340 e. The molecule has 4 nitrogen and oxygen atoms in total. The first-order valence-corrected chi connectivity index (χ1v) is 8.22. The van der Waals surface area contributed by atoms with Crippen LogP contribution >= 0.6 is 11.6 Å². The summed E-state index contributed by atoms with van der Waals surface area (Å²) in [6, 6.07) is 9.37. The van der Waals surface area contributed by atoms with Crippen molar-refractivity contribution in [2.24, 2.45) is 5.92 Å². The minimum atomic E-state index is 0.0434. The van der Waals surface area contributed by atoms with Crippen LogP contribution in [0.2, 0.25) is 5.02 Å². The topological polar surface area (TPSA) is 54.0 Å². The summed E-state index contributed by atoms with van der Waals surface area (Å²) >= 11 is 6.11. The third-order valence-corrected chi connectivity index (χ3v) is 4.33. The van der Waals surface area contributed by atoms with Gasteiger partial charge in [-0.2, -0.15) is 0 Å². The molecular weight excluding hydrogens is 310 g/mol. The Balaban J connectivity index is 2.05. The van der Waals surface area contributed by atoms with Crippen LogP contribution in [0.5, 0.6) is 0 Å². The van der Waals surface area contributed by atoms with Crippen molar-refractivity contribution in [3.05, 3.63) is 47.1 Å². The molecule has 2 rings (SSSR count). The van der Waals surface area contributed by atoms with Crippen LogP contribution in [0.25, 0.3) is 0 Å². The number of hydrogen-bond donors (Lipinski definition) is 2. The van der Waals surface area contributed by atoms with Crippen molar-refractivity contribution in [2.75, 3.05) is 10.6 Å². The normalized spacial score (nSPS) is 10.7. The van der Waals surface area contributed by atoms with Gasteiger partial charge in [-0.1, -0.05) is 31.5 Å². The predicted octanol–water partition coefficient (Wildman–Crippen LogP) is 5.16. The fourth-order valence-corrected chi connectivity index (χ4v) is 2.50. The Bertz CT molecular complexity index is 666. The molecule has 1 amide bonds. The molecule has 1 aromatic carbocycles. The van der Waals surface area contributed by atoms with Gasteiger partial charge in [0.25, 0.3) is 0 Å². The molecule has 0 bridgehead atoms. The molecule has 0 spiro atoms. The average Bonchev–Trinajstić information content (AvgIpc) is 2.55. The average molecular weight is 332 g/mol. The third kappa shape index (κ3) is 4.45. The van der Waals surface area contributed by atoms with Crippen LogP contribution in [-0.2, 0) is 4.79 Å². The lowest BCUT2D eigenvalue weighted by Crippen LogP contribution is -2.21. The number of halogens is 1. The Morgan fingerprint density at radius 3 is 2.57 bits per heavy atom. The first-order valence-electron chi connectivity index (χ1n) is 7.84. The second-order valence-electron chi connectivity index (χ2n) is 5.47. The Labute approximate surface area is 142 Å². The number of carbonyl (C=O) groups excluding carboxylic acids is 1. The molecule has 122 valence electrons. The van der Waals surface area contributed by atoms with Gasteiger partial charge in [-0.3, -0.25) is 4.79 Å². The maximum absolute atomic E-state index is 12.1. The van der Waals surface area contributed by atoms with Crippen LogP contribution in [0.3, 0.4) is 0 Å². The highest BCUT2D eigenvalue weighted by atomic mass is 35.5. The molecule has 0 unspecified atom stereocenters. The quantitative estimate of drug-likeness (QED) is 0.768. The van der Waals surface area contributed by atoms with E-state index in [0.29, 0.717) is 16.5 Å². The van der Waals surface area contributed by atoms with Gasteiger partial charge in [-0.05, 0) is 49.6 Å². The zero-order valence-corrected chi connectivity index (χ0v) is 14.4. The highest BCUT2D eigenvalue weighted by Gasteiger charge is 2.14. The van der Waals surface area contributed by atoms with Crippen molar-refractivity contribution in [1.29, 1.82) is 0 Å². The van der Waals surface area contributed by atoms with E-state index in [9.17, 15) is 4.79 Å². The minimum absolute atomic E-state index is 0.0434. The molecule has 0 atom stereocenters. The monoisotopic (exact) mass is 331 g/mol. The molecule has 5 heteroatoms. The smallest absolute Gasteiger partial charge is 0.227 e. The van der Waals surface area contributed by atoms with Gasteiger partial charge in [0.2, 0.25) is 5.91 Å². The molecular formula is C18H22ClN3O. The van der Waals surface area contributed by atoms with Crippen molar-refractivity contribution >= 4 is 34.7 Å². The van der Waals surface area contributed by atoms with Crippen LogP contribution in [-0.4, -0.2) is 10.9 Å². The first kappa shape index (κ1) is 17.3. The number of hydrogen-bond acceptors (Lipinski definition) is 3. The van der Waals surface area contributed by atoms with E-state index in [1.54, 1.807) is 6.20 Å².